The fourth-order valence-electron chi connectivity index (χ4n) is 1.67. The van der Waals surface area contributed by atoms with Crippen LogP contribution in [0.5, 0.6) is 5.75 Å². The van der Waals surface area contributed by atoms with Crippen molar-refractivity contribution in [1.29, 1.82) is 0 Å². The van der Waals surface area contributed by atoms with E-state index in [1.165, 1.54) is 16.9 Å². The molecule has 5 nitrogen and oxygen atoms in total. The van der Waals surface area contributed by atoms with Crippen LogP contribution in [0.15, 0.2) is 35.3 Å². The van der Waals surface area contributed by atoms with E-state index in [-0.39, 0.29) is 18.1 Å². The van der Waals surface area contributed by atoms with Crippen molar-refractivity contribution in [2.45, 2.75) is 19.5 Å². The maximum absolute atomic E-state index is 12.0. The Bertz CT molecular complexity index is 686. The van der Waals surface area contributed by atoms with Crippen LogP contribution in [0.4, 0.5) is 0 Å². The number of ether oxygens (including phenoxy) is 1. The predicted molar refractivity (Wildman–Crippen MR) is 83.2 cm³/mol. The topological polar surface area (TPSA) is 70.1 Å². The van der Waals surface area contributed by atoms with Gasteiger partial charge < -0.3 is 10.5 Å². The lowest BCUT2D eigenvalue weighted by molar-refractivity contribution is 0.293. The molecule has 0 aliphatic carbocycles. The zero-order valence-electron chi connectivity index (χ0n) is 11.4. The lowest BCUT2D eigenvalue weighted by Gasteiger charge is -2.10. The third kappa shape index (κ3) is 4.20. The van der Waals surface area contributed by atoms with E-state index in [1.807, 2.05) is 6.92 Å². The Hall–Kier alpha value is -1.56. The quantitative estimate of drug-likeness (QED) is 0.914. The molecule has 1 atom stereocenters. The smallest absolute Gasteiger partial charge is 0.270 e. The summed E-state index contributed by atoms with van der Waals surface area (Å²) in [4.78, 5) is 12.0. The fraction of sp³-hybridized carbons (Fsp3) is 0.286. The van der Waals surface area contributed by atoms with Gasteiger partial charge in [-0.1, -0.05) is 35.3 Å². The molecular formula is C14H15Cl2N3O2. The highest BCUT2D eigenvalue weighted by atomic mass is 35.5. The molecule has 7 heteroatoms. The van der Waals surface area contributed by atoms with Crippen LogP contribution in [0.2, 0.25) is 10.0 Å². The van der Waals surface area contributed by atoms with Gasteiger partial charge in [0.25, 0.3) is 5.56 Å². The SMILES string of the molecule is CC(N)COc1cnn(Cc2cccc(Cl)c2Cl)c(=O)c1. The molecule has 1 heterocycles. The third-order valence-electron chi connectivity index (χ3n) is 2.71. The van der Waals surface area contributed by atoms with Gasteiger partial charge in [-0.05, 0) is 18.6 Å². The minimum atomic E-state index is -0.284. The van der Waals surface area contributed by atoms with Crippen molar-refractivity contribution >= 4 is 23.2 Å². The first-order chi connectivity index (χ1) is 9.97. The first-order valence-electron chi connectivity index (χ1n) is 6.36. The average Bonchev–Trinajstić information content (AvgIpc) is 2.44. The van der Waals surface area contributed by atoms with Crippen molar-refractivity contribution in [3.63, 3.8) is 0 Å². The van der Waals surface area contributed by atoms with Gasteiger partial charge in [0.1, 0.15) is 12.4 Å². The van der Waals surface area contributed by atoms with Crippen molar-refractivity contribution in [2.24, 2.45) is 5.73 Å². The molecule has 1 aromatic heterocycles. The first-order valence-corrected chi connectivity index (χ1v) is 7.11. The maximum atomic E-state index is 12.0. The normalized spacial score (nSPS) is 12.2. The molecule has 0 amide bonds. The van der Waals surface area contributed by atoms with E-state index in [1.54, 1.807) is 18.2 Å². The highest BCUT2D eigenvalue weighted by Gasteiger charge is 2.08. The number of rotatable bonds is 5. The van der Waals surface area contributed by atoms with Crippen LogP contribution in [-0.2, 0) is 6.54 Å². The van der Waals surface area contributed by atoms with E-state index in [0.29, 0.717) is 22.4 Å². The Balaban J connectivity index is 2.18. The van der Waals surface area contributed by atoms with Crippen LogP contribution in [0.3, 0.4) is 0 Å². The molecule has 112 valence electrons. The number of nitrogens with two attached hydrogens (primary N) is 1. The highest BCUT2D eigenvalue weighted by molar-refractivity contribution is 6.42. The van der Waals surface area contributed by atoms with Gasteiger partial charge >= 0.3 is 0 Å². The minimum Gasteiger partial charge on any atom is -0.490 e. The number of hydrogen-bond donors (Lipinski definition) is 1. The largest absolute Gasteiger partial charge is 0.490 e. The monoisotopic (exact) mass is 327 g/mol. The molecule has 0 aliphatic heterocycles. The van der Waals surface area contributed by atoms with Gasteiger partial charge in [0.15, 0.2) is 0 Å². The van der Waals surface area contributed by atoms with Gasteiger partial charge in [0.2, 0.25) is 0 Å². The Kier molecular flexibility index (Phi) is 5.22. The van der Waals surface area contributed by atoms with E-state index in [2.05, 4.69) is 5.10 Å². The highest BCUT2D eigenvalue weighted by Crippen LogP contribution is 2.25. The van der Waals surface area contributed by atoms with Gasteiger partial charge in [-0.25, -0.2) is 4.68 Å². The summed E-state index contributed by atoms with van der Waals surface area (Å²) < 4.78 is 6.64. The number of hydrogen-bond acceptors (Lipinski definition) is 4. The summed E-state index contributed by atoms with van der Waals surface area (Å²) in [5.74, 6) is 0.394. The second kappa shape index (κ2) is 6.93. The Morgan fingerprint density at radius 1 is 1.43 bits per heavy atom. The third-order valence-corrected chi connectivity index (χ3v) is 3.57. The minimum absolute atomic E-state index is 0.113. The van der Waals surface area contributed by atoms with E-state index in [0.717, 1.165) is 5.56 Å². The molecule has 2 rings (SSSR count). The molecule has 0 bridgehead atoms. The van der Waals surface area contributed by atoms with Crippen LogP contribution in [0.1, 0.15) is 12.5 Å². The molecule has 0 fully saturated rings. The number of benzene rings is 1. The lowest BCUT2D eigenvalue weighted by Crippen LogP contribution is -2.26. The van der Waals surface area contributed by atoms with Gasteiger partial charge in [0.05, 0.1) is 22.8 Å². The summed E-state index contributed by atoms with van der Waals surface area (Å²) >= 11 is 12.0. The Morgan fingerprint density at radius 2 is 2.19 bits per heavy atom. The van der Waals surface area contributed by atoms with E-state index < -0.39 is 0 Å². The zero-order chi connectivity index (χ0) is 15.4. The maximum Gasteiger partial charge on any atom is 0.270 e. The molecule has 0 saturated heterocycles. The molecular weight excluding hydrogens is 313 g/mol. The molecule has 2 N–H and O–H groups in total. The molecule has 0 aliphatic rings. The van der Waals surface area contributed by atoms with Gasteiger partial charge in [0, 0.05) is 12.1 Å². The van der Waals surface area contributed by atoms with Crippen LogP contribution >= 0.6 is 23.2 Å². The van der Waals surface area contributed by atoms with Crippen LogP contribution < -0.4 is 16.0 Å². The number of aromatic nitrogens is 2. The van der Waals surface area contributed by atoms with Crippen molar-refractivity contribution in [1.82, 2.24) is 9.78 Å². The molecule has 1 aromatic carbocycles. The van der Waals surface area contributed by atoms with E-state index in [9.17, 15) is 4.79 Å². The molecule has 2 aromatic rings. The van der Waals surface area contributed by atoms with E-state index in [4.69, 9.17) is 33.7 Å². The summed E-state index contributed by atoms with van der Waals surface area (Å²) in [5.41, 5.74) is 6.03. The molecule has 0 saturated carbocycles. The number of halogens is 2. The van der Waals surface area contributed by atoms with Crippen LogP contribution in [-0.4, -0.2) is 22.4 Å². The zero-order valence-corrected chi connectivity index (χ0v) is 12.9. The Morgan fingerprint density at radius 3 is 2.86 bits per heavy atom. The second-order valence-electron chi connectivity index (χ2n) is 4.69. The van der Waals surface area contributed by atoms with Crippen LogP contribution in [0.25, 0.3) is 0 Å². The first kappa shape index (κ1) is 15.8. The lowest BCUT2D eigenvalue weighted by atomic mass is 10.2. The molecule has 0 spiro atoms. The second-order valence-corrected chi connectivity index (χ2v) is 5.47. The van der Waals surface area contributed by atoms with Crippen molar-refractivity contribution < 1.29 is 4.74 Å². The van der Waals surface area contributed by atoms with Crippen molar-refractivity contribution in [3.8, 4) is 5.75 Å². The summed E-state index contributed by atoms with van der Waals surface area (Å²) in [6.07, 6.45) is 1.47. The average molecular weight is 328 g/mol. The van der Waals surface area contributed by atoms with E-state index >= 15 is 0 Å². The Labute approximate surface area is 132 Å². The van der Waals surface area contributed by atoms with Gasteiger partial charge in [-0.2, -0.15) is 5.10 Å². The summed E-state index contributed by atoms with van der Waals surface area (Å²) in [6, 6.07) is 6.51. The molecule has 21 heavy (non-hydrogen) atoms. The van der Waals surface area contributed by atoms with Gasteiger partial charge in [-0.15, -0.1) is 0 Å². The van der Waals surface area contributed by atoms with Gasteiger partial charge in [-0.3, -0.25) is 4.79 Å². The summed E-state index contributed by atoms with van der Waals surface area (Å²) in [7, 11) is 0. The summed E-state index contributed by atoms with van der Waals surface area (Å²) in [6.45, 7) is 2.38. The standard InChI is InChI=1S/C14H15Cl2N3O2/c1-9(17)8-21-11-5-13(20)19(18-6-11)7-10-3-2-4-12(15)14(10)16/h2-6,9H,7-8,17H2,1H3. The van der Waals surface area contributed by atoms with Crippen LogP contribution in [0, 0.1) is 0 Å². The van der Waals surface area contributed by atoms with Crippen molar-refractivity contribution in [3.05, 3.63) is 56.4 Å². The fourth-order valence-corrected chi connectivity index (χ4v) is 2.05. The predicted octanol–water partition coefficient (Wildman–Crippen LogP) is 2.32. The molecule has 0 radical (unpaired) electrons. The number of nitrogens with zero attached hydrogens (tertiary/aromatic N) is 2. The van der Waals surface area contributed by atoms with Crippen molar-refractivity contribution in [2.75, 3.05) is 6.61 Å². The molecule has 1 unspecified atom stereocenters. The summed E-state index contributed by atoms with van der Waals surface area (Å²) in [5, 5.41) is 4.92.